The van der Waals surface area contributed by atoms with Gasteiger partial charge in [-0.1, -0.05) is 23.4 Å². The summed E-state index contributed by atoms with van der Waals surface area (Å²) < 4.78 is 0. The third-order valence-corrected chi connectivity index (χ3v) is 3.54. The van der Waals surface area contributed by atoms with Crippen molar-refractivity contribution in [2.24, 2.45) is 5.92 Å². The van der Waals surface area contributed by atoms with Crippen LogP contribution in [0, 0.1) is 5.92 Å². The number of hydrogen-bond acceptors (Lipinski definition) is 5. The van der Waals surface area contributed by atoms with E-state index in [0.29, 0.717) is 12.4 Å². The molecule has 1 atom stereocenters. The average Bonchev–Trinajstić information content (AvgIpc) is 2.98. The molecular weight excluding hydrogens is 256 g/mol. The molecule has 2 heterocycles. The SMILES string of the molecule is CN1CC(C(=O)NCc2nn[nH]n2)Cc2ccccc21. The van der Waals surface area contributed by atoms with E-state index in [4.69, 9.17) is 0 Å². The van der Waals surface area contributed by atoms with Gasteiger partial charge in [0.2, 0.25) is 5.91 Å². The maximum atomic E-state index is 12.2. The molecular formula is C13H16N6O. The molecule has 1 aromatic carbocycles. The van der Waals surface area contributed by atoms with E-state index in [-0.39, 0.29) is 11.8 Å². The van der Waals surface area contributed by atoms with Crippen LogP contribution < -0.4 is 10.2 Å². The van der Waals surface area contributed by atoms with E-state index < -0.39 is 0 Å². The monoisotopic (exact) mass is 272 g/mol. The Bertz CT molecular complexity index is 597. The van der Waals surface area contributed by atoms with Crippen LogP contribution in [0.5, 0.6) is 0 Å². The minimum atomic E-state index is -0.0539. The number of amides is 1. The van der Waals surface area contributed by atoms with Crippen molar-refractivity contribution in [2.45, 2.75) is 13.0 Å². The topological polar surface area (TPSA) is 86.8 Å². The Morgan fingerprint density at radius 1 is 1.50 bits per heavy atom. The van der Waals surface area contributed by atoms with Gasteiger partial charge in [0.15, 0.2) is 5.82 Å². The number of fused-ring (bicyclic) bond motifs is 1. The van der Waals surface area contributed by atoms with Gasteiger partial charge in [0.1, 0.15) is 0 Å². The molecule has 0 aliphatic carbocycles. The number of rotatable bonds is 3. The minimum Gasteiger partial charge on any atom is -0.374 e. The van der Waals surface area contributed by atoms with Crippen LogP contribution in [0.3, 0.4) is 0 Å². The average molecular weight is 272 g/mol. The lowest BCUT2D eigenvalue weighted by Crippen LogP contribution is -2.41. The summed E-state index contributed by atoms with van der Waals surface area (Å²) in [6.07, 6.45) is 0.762. The fourth-order valence-corrected chi connectivity index (χ4v) is 2.56. The third kappa shape index (κ3) is 2.47. The predicted octanol–water partition coefficient (Wildman–Crippen LogP) is 0.125. The first-order chi connectivity index (χ1) is 9.74. The van der Waals surface area contributed by atoms with Crippen LogP contribution in [0.25, 0.3) is 0 Å². The highest BCUT2D eigenvalue weighted by atomic mass is 16.1. The van der Waals surface area contributed by atoms with E-state index in [9.17, 15) is 4.79 Å². The van der Waals surface area contributed by atoms with E-state index in [1.165, 1.54) is 11.3 Å². The van der Waals surface area contributed by atoms with Gasteiger partial charge in [-0.05, 0) is 18.1 Å². The van der Waals surface area contributed by atoms with Crippen molar-refractivity contribution < 1.29 is 4.79 Å². The van der Waals surface area contributed by atoms with Crippen LogP contribution >= 0.6 is 0 Å². The molecule has 7 heteroatoms. The highest BCUT2D eigenvalue weighted by Gasteiger charge is 2.27. The maximum absolute atomic E-state index is 12.2. The molecule has 1 amide bonds. The van der Waals surface area contributed by atoms with Gasteiger partial charge in [0.05, 0.1) is 12.5 Å². The summed E-state index contributed by atoms with van der Waals surface area (Å²) in [4.78, 5) is 14.3. The minimum absolute atomic E-state index is 0.0242. The molecule has 1 aliphatic heterocycles. The number of para-hydroxylation sites is 1. The number of nitrogens with zero attached hydrogens (tertiary/aromatic N) is 4. The second-order valence-electron chi connectivity index (χ2n) is 4.96. The van der Waals surface area contributed by atoms with E-state index in [1.807, 2.05) is 19.2 Å². The number of carbonyl (C=O) groups excluding carboxylic acids is 1. The van der Waals surface area contributed by atoms with Crippen LogP contribution in [-0.4, -0.2) is 40.1 Å². The van der Waals surface area contributed by atoms with Crippen LogP contribution in [0.2, 0.25) is 0 Å². The lowest BCUT2D eigenvalue weighted by atomic mass is 9.92. The van der Waals surface area contributed by atoms with Gasteiger partial charge in [0, 0.05) is 19.3 Å². The van der Waals surface area contributed by atoms with Crippen LogP contribution in [0.1, 0.15) is 11.4 Å². The maximum Gasteiger partial charge on any atom is 0.225 e. The number of H-pyrrole nitrogens is 1. The lowest BCUT2D eigenvalue weighted by Gasteiger charge is -2.32. The van der Waals surface area contributed by atoms with Gasteiger partial charge < -0.3 is 10.2 Å². The normalized spacial score (nSPS) is 17.6. The summed E-state index contributed by atoms with van der Waals surface area (Å²) in [5, 5.41) is 16.3. The van der Waals surface area contributed by atoms with Gasteiger partial charge in [0.25, 0.3) is 0 Å². The highest BCUT2D eigenvalue weighted by Crippen LogP contribution is 2.28. The number of hydrogen-bond donors (Lipinski definition) is 2. The number of benzene rings is 1. The molecule has 0 saturated carbocycles. The Morgan fingerprint density at radius 3 is 3.15 bits per heavy atom. The highest BCUT2D eigenvalue weighted by molar-refractivity contribution is 5.80. The molecule has 0 fully saturated rings. The van der Waals surface area contributed by atoms with Crippen molar-refractivity contribution in [3.05, 3.63) is 35.7 Å². The zero-order valence-corrected chi connectivity index (χ0v) is 11.2. The summed E-state index contributed by atoms with van der Waals surface area (Å²) in [5.41, 5.74) is 2.41. The quantitative estimate of drug-likeness (QED) is 0.829. The van der Waals surface area contributed by atoms with Gasteiger partial charge in [-0.25, -0.2) is 0 Å². The largest absolute Gasteiger partial charge is 0.374 e. The molecule has 3 rings (SSSR count). The van der Waals surface area contributed by atoms with Crippen LogP contribution in [0.4, 0.5) is 5.69 Å². The molecule has 0 saturated heterocycles. The zero-order valence-electron chi connectivity index (χ0n) is 11.2. The Hall–Kier alpha value is -2.44. The van der Waals surface area contributed by atoms with Crippen molar-refractivity contribution in [3.8, 4) is 0 Å². The van der Waals surface area contributed by atoms with Crippen LogP contribution in [-0.2, 0) is 17.8 Å². The van der Waals surface area contributed by atoms with Gasteiger partial charge in [-0.3, -0.25) is 4.79 Å². The molecule has 2 N–H and O–H groups in total. The molecule has 1 aliphatic rings. The van der Waals surface area contributed by atoms with Crippen molar-refractivity contribution in [1.29, 1.82) is 0 Å². The van der Waals surface area contributed by atoms with Crippen molar-refractivity contribution in [3.63, 3.8) is 0 Å². The fourth-order valence-electron chi connectivity index (χ4n) is 2.56. The molecule has 0 radical (unpaired) electrons. The van der Waals surface area contributed by atoms with Crippen molar-refractivity contribution in [2.75, 3.05) is 18.5 Å². The van der Waals surface area contributed by atoms with E-state index in [0.717, 1.165) is 13.0 Å². The third-order valence-electron chi connectivity index (χ3n) is 3.54. The summed E-state index contributed by atoms with van der Waals surface area (Å²) in [6, 6.07) is 8.19. The smallest absolute Gasteiger partial charge is 0.225 e. The molecule has 0 spiro atoms. The fraction of sp³-hybridized carbons (Fsp3) is 0.385. The number of nitrogens with one attached hydrogen (secondary N) is 2. The molecule has 104 valence electrons. The van der Waals surface area contributed by atoms with Crippen molar-refractivity contribution in [1.82, 2.24) is 25.9 Å². The Balaban J connectivity index is 1.65. The lowest BCUT2D eigenvalue weighted by molar-refractivity contribution is -0.125. The first kappa shape index (κ1) is 12.6. The molecule has 0 bridgehead atoms. The molecule has 20 heavy (non-hydrogen) atoms. The Labute approximate surface area is 116 Å². The molecule has 7 nitrogen and oxygen atoms in total. The first-order valence-corrected chi connectivity index (χ1v) is 6.53. The number of aromatic amines is 1. The molecule has 2 aromatic rings. The summed E-state index contributed by atoms with van der Waals surface area (Å²) >= 11 is 0. The standard InChI is InChI=1S/C13H16N6O/c1-19-8-10(6-9-4-2-3-5-11(9)19)13(20)14-7-12-15-17-18-16-12/h2-5,10H,6-8H2,1H3,(H,14,20)(H,15,16,17,18). The second kappa shape index (κ2) is 5.28. The first-order valence-electron chi connectivity index (χ1n) is 6.53. The van der Waals surface area contributed by atoms with Gasteiger partial charge >= 0.3 is 0 Å². The molecule has 1 unspecified atom stereocenters. The predicted molar refractivity (Wildman–Crippen MR) is 72.9 cm³/mol. The number of aromatic nitrogens is 4. The number of tetrazole rings is 1. The number of anilines is 1. The zero-order chi connectivity index (χ0) is 13.9. The van der Waals surface area contributed by atoms with Crippen LogP contribution in [0.15, 0.2) is 24.3 Å². The Kier molecular flexibility index (Phi) is 3.32. The van der Waals surface area contributed by atoms with E-state index in [1.54, 1.807) is 0 Å². The van der Waals surface area contributed by atoms with E-state index >= 15 is 0 Å². The summed E-state index contributed by atoms with van der Waals surface area (Å²) in [7, 11) is 2.01. The van der Waals surface area contributed by atoms with E-state index in [2.05, 4.69) is 43.0 Å². The Morgan fingerprint density at radius 2 is 2.35 bits per heavy atom. The number of carbonyl (C=O) groups is 1. The molecule has 1 aromatic heterocycles. The van der Waals surface area contributed by atoms with Crippen molar-refractivity contribution >= 4 is 11.6 Å². The summed E-state index contributed by atoms with van der Waals surface area (Å²) in [5.74, 6) is 0.459. The van der Waals surface area contributed by atoms with Gasteiger partial charge in [-0.15, -0.1) is 10.2 Å². The van der Waals surface area contributed by atoms with Gasteiger partial charge in [-0.2, -0.15) is 5.21 Å². The summed E-state index contributed by atoms with van der Waals surface area (Å²) in [6.45, 7) is 1.02. The second-order valence-corrected chi connectivity index (χ2v) is 4.96.